The van der Waals surface area contributed by atoms with E-state index in [9.17, 15) is 9.59 Å². The third kappa shape index (κ3) is 6.21. The van der Waals surface area contributed by atoms with Crippen LogP contribution in [-0.2, 0) is 38.7 Å². The van der Waals surface area contributed by atoms with Crippen LogP contribution >= 0.6 is 0 Å². The van der Waals surface area contributed by atoms with Gasteiger partial charge in [0.2, 0.25) is 0 Å². The second-order valence-corrected chi connectivity index (χ2v) is 10.6. The average molecular weight is 570 g/mol. The normalized spacial score (nSPS) is 10.9. The molecule has 0 N–H and O–H groups in total. The lowest BCUT2D eigenvalue weighted by atomic mass is 9.92. The van der Waals surface area contributed by atoms with Crippen LogP contribution in [0, 0.1) is 6.92 Å². The van der Waals surface area contributed by atoms with E-state index < -0.39 is 11.9 Å². The molecule has 0 spiro atoms. The lowest BCUT2D eigenvalue weighted by molar-refractivity contribution is -0.140. The van der Waals surface area contributed by atoms with Crippen molar-refractivity contribution in [3.8, 4) is 0 Å². The van der Waals surface area contributed by atoms with Crippen LogP contribution in [0.25, 0.3) is 21.5 Å². The molecule has 0 heterocycles. The molecule has 5 aromatic rings. The minimum absolute atomic E-state index is 0.169. The average Bonchev–Trinajstić information content (AvgIpc) is 3.03. The summed E-state index contributed by atoms with van der Waals surface area (Å²) in [5, 5.41) is 4.91. The second-order valence-electron chi connectivity index (χ2n) is 10.6. The molecule has 0 aliphatic rings. The maximum absolute atomic E-state index is 11.9. The van der Waals surface area contributed by atoms with Crippen LogP contribution in [-0.4, -0.2) is 11.9 Å². The topological polar surface area (TPSA) is 55.8 Å². The molecule has 216 valence electrons. The number of hydrogen-bond acceptors (Lipinski definition) is 5. The highest BCUT2D eigenvalue weighted by atomic mass is 16.5. The van der Waals surface area contributed by atoms with Crippen LogP contribution in [0.4, 0.5) is 17.1 Å². The van der Waals surface area contributed by atoms with Gasteiger partial charge in [-0.3, -0.25) is 0 Å². The molecular formula is C38H35NO4. The number of ether oxygens (including phenoxy) is 2. The van der Waals surface area contributed by atoms with Gasteiger partial charge in [0, 0.05) is 28.4 Å². The Labute approximate surface area is 252 Å². The number of aryl methyl sites for hydroxylation is 2. The lowest BCUT2D eigenvalue weighted by Crippen LogP contribution is -2.11. The number of anilines is 3. The number of nitrogens with zero attached hydrogens (tertiary/aromatic N) is 1. The summed E-state index contributed by atoms with van der Waals surface area (Å²) in [6.07, 6.45) is 2.08. The molecule has 5 nitrogen and oxygen atoms in total. The number of hydrogen-bond donors (Lipinski definition) is 0. The number of carbonyl (C=O) groups is 2. The van der Waals surface area contributed by atoms with Crippen molar-refractivity contribution >= 4 is 50.5 Å². The fraction of sp³-hybridized carbons (Fsp3) is 0.158. The van der Waals surface area contributed by atoms with Gasteiger partial charge in [0.1, 0.15) is 13.2 Å². The van der Waals surface area contributed by atoms with Crippen LogP contribution in [0.5, 0.6) is 0 Å². The number of carbonyl (C=O) groups excluding carboxylic acids is 2. The van der Waals surface area contributed by atoms with Crippen molar-refractivity contribution in [3.63, 3.8) is 0 Å². The van der Waals surface area contributed by atoms with E-state index >= 15 is 0 Å². The number of esters is 2. The summed E-state index contributed by atoms with van der Waals surface area (Å²) in [7, 11) is 0. The minimum atomic E-state index is -0.454. The van der Waals surface area contributed by atoms with Crippen molar-refractivity contribution < 1.29 is 19.1 Å². The summed E-state index contributed by atoms with van der Waals surface area (Å²) in [5.74, 6) is -0.862. The van der Waals surface area contributed by atoms with Gasteiger partial charge in [0.05, 0.1) is 5.69 Å². The molecule has 0 aliphatic carbocycles. The molecular weight excluding hydrogens is 534 g/mol. The maximum Gasteiger partial charge on any atom is 0.333 e. The summed E-state index contributed by atoms with van der Waals surface area (Å²) in [4.78, 5) is 25.7. The van der Waals surface area contributed by atoms with Gasteiger partial charge in [-0.05, 0) is 89.0 Å². The predicted molar refractivity (Wildman–Crippen MR) is 175 cm³/mol. The van der Waals surface area contributed by atoms with E-state index in [1.54, 1.807) is 6.92 Å². The van der Waals surface area contributed by atoms with Gasteiger partial charge in [-0.1, -0.05) is 80.7 Å². The highest BCUT2D eigenvalue weighted by molar-refractivity contribution is 6.15. The summed E-state index contributed by atoms with van der Waals surface area (Å²) in [6, 6.07) is 31.3. The standard InChI is InChI=1S/C38H35NO4/c1-6-29-16-22-34(33-21-15-30-10-8-9-26(5)36(30)37(29)33)39(31-17-11-27(12-18-31)23-42-35(40)7-2)32-19-13-28(14-20-32)24-43-38(41)25(3)4/h7-22H,2-3,6,23-24H2,1,4-5H3. The van der Waals surface area contributed by atoms with Crippen LogP contribution in [0.2, 0.25) is 0 Å². The molecule has 0 aliphatic heterocycles. The number of rotatable bonds is 10. The van der Waals surface area contributed by atoms with Crippen LogP contribution in [0.1, 0.15) is 36.1 Å². The highest BCUT2D eigenvalue weighted by Crippen LogP contribution is 2.42. The number of fused-ring (bicyclic) bond motifs is 3. The maximum atomic E-state index is 11.9. The van der Waals surface area contributed by atoms with Crippen LogP contribution < -0.4 is 4.90 Å². The zero-order chi connectivity index (χ0) is 30.5. The van der Waals surface area contributed by atoms with E-state index in [1.807, 2.05) is 48.5 Å². The molecule has 0 aromatic heterocycles. The zero-order valence-electron chi connectivity index (χ0n) is 24.9. The van der Waals surface area contributed by atoms with Gasteiger partial charge in [-0.2, -0.15) is 0 Å². The Hall–Kier alpha value is -5.16. The minimum Gasteiger partial charge on any atom is -0.458 e. The Morgan fingerprint density at radius 1 is 0.791 bits per heavy atom. The van der Waals surface area contributed by atoms with Gasteiger partial charge in [0.15, 0.2) is 0 Å². The van der Waals surface area contributed by atoms with Crippen LogP contribution in [0.15, 0.2) is 116 Å². The molecule has 43 heavy (non-hydrogen) atoms. The van der Waals surface area contributed by atoms with Crippen molar-refractivity contribution in [2.75, 3.05) is 4.90 Å². The first-order chi connectivity index (χ1) is 20.8. The van der Waals surface area contributed by atoms with Crippen LogP contribution in [0.3, 0.4) is 0 Å². The Balaban J connectivity index is 1.63. The molecule has 0 atom stereocenters. The molecule has 5 rings (SSSR count). The Morgan fingerprint density at radius 2 is 1.42 bits per heavy atom. The molecule has 0 bridgehead atoms. The SMILES string of the molecule is C=CC(=O)OCc1ccc(N(c2ccc(COC(=O)C(=C)C)cc2)c2ccc(CC)c3c2ccc2cccc(C)c23)cc1. The Kier molecular flexibility index (Phi) is 8.72. The van der Waals surface area contributed by atoms with Crippen molar-refractivity contribution in [3.05, 3.63) is 138 Å². The fourth-order valence-electron chi connectivity index (χ4n) is 5.35. The summed E-state index contributed by atoms with van der Waals surface area (Å²) in [6.45, 7) is 13.5. The number of benzene rings is 5. The summed E-state index contributed by atoms with van der Waals surface area (Å²) < 4.78 is 10.6. The molecule has 0 amide bonds. The molecule has 0 saturated carbocycles. The van der Waals surface area contributed by atoms with Gasteiger partial charge in [-0.25, -0.2) is 9.59 Å². The van der Waals surface area contributed by atoms with E-state index in [0.717, 1.165) is 46.1 Å². The quantitative estimate of drug-likeness (QED) is 0.0953. The van der Waals surface area contributed by atoms with Crippen molar-refractivity contribution in [2.24, 2.45) is 0 Å². The van der Waals surface area contributed by atoms with E-state index in [0.29, 0.717) is 5.57 Å². The Bertz CT molecular complexity index is 1840. The largest absolute Gasteiger partial charge is 0.458 e. The molecule has 0 saturated heterocycles. The highest BCUT2D eigenvalue weighted by Gasteiger charge is 2.19. The summed E-state index contributed by atoms with van der Waals surface area (Å²) in [5.41, 5.74) is 7.63. The zero-order valence-corrected chi connectivity index (χ0v) is 24.9. The van der Waals surface area contributed by atoms with E-state index in [4.69, 9.17) is 9.47 Å². The lowest BCUT2D eigenvalue weighted by Gasteiger charge is -2.28. The smallest absolute Gasteiger partial charge is 0.333 e. The Morgan fingerprint density at radius 3 is 2.00 bits per heavy atom. The molecule has 5 heteroatoms. The van der Waals surface area contributed by atoms with Crippen molar-refractivity contribution in [1.29, 1.82) is 0 Å². The molecule has 0 unspecified atom stereocenters. The second kappa shape index (κ2) is 12.8. The predicted octanol–water partition coefficient (Wildman–Crippen LogP) is 9.18. The van der Waals surface area contributed by atoms with Gasteiger partial charge in [-0.15, -0.1) is 0 Å². The van der Waals surface area contributed by atoms with Gasteiger partial charge < -0.3 is 14.4 Å². The third-order valence-electron chi connectivity index (χ3n) is 7.57. The van der Waals surface area contributed by atoms with Crippen molar-refractivity contribution in [2.45, 2.75) is 40.4 Å². The van der Waals surface area contributed by atoms with Crippen molar-refractivity contribution in [1.82, 2.24) is 0 Å². The molecule has 0 fully saturated rings. The first kappa shape index (κ1) is 29.3. The van der Waals surface area contributed by atoms with Gasteiger partial charge in [0.25, 0.3) is 0 Å². The first-order valence-electron chi connectivity index (χ1n) is 14.3. The first-order valence-corrected chi connectivity index (χ1v) is 14.3. The molecule has 5 aromatic carbocycles. The van der Waals surface area contributed by atoms with Gasteiger partial charge >= 0.3 is 11.9 Å². The third-order valence-corrected chi connectivity index (χ3v) is 7.57. The summed E-state index contributed by atoms with van der Waals surface area (Å²) >= 11 is 0. The van der Waals surface area contributed by atoms with E-state index in [1.165, 1.54) is 27.3 Å². The molecule has 0 radical (unpaired) electrons. The fourth-order valence-corrected chi connectivity index (χ4v) is 5.35. The monoisotopic (exact) mass is 569 g/mol. The van der Waals surface area contributed by atoms with E-state index in [-0.39, 0.29) is 13.2 Å². The van der Waals surface area contributed by atoms with E-state index in [2.05, 4.69) is 74.4 Å².